The van der Waals surface area contributed by atoms with Crippen LogP contribution in [-0.2, 0) is 10.0 Å². The zero-order valence-corrected chi connectivity index (χ0v) is 12.1. The monoisotopic (exact) mass is 298 g/mol. The topological polar surface area (TPSA) is 63.4 Å². The van der Waals surface area contributed by atoms with Gasteiger partial charge in [0.2, 0.25) is 10.0 Å². The van der Waals surface area contributed by atoms with Crippen LogP contribution in [0, 0.1) is 11.7 Å². The molecule has 4 nitrogen and oxygen atoms in total. The van der Waals surface area contributed by atoms with Crippen molar-refractivity contribution in [2.45, 2.75) is 43.0 Å². The van der Waals surface area contributed by atoms with Crippen LogP contribution in [0.15, 0.2) is 23.1 Å². The predicted octanol–water partition coefficient (Wildman–Crippen LogP) is 2.36. The molecule has 1 aliphatic heterocycles. The molecule has 0 amide bonds. The smallest absolute Gasteiger partial charge is 0.245 e. The van der Waals surface area contributed by atoms with E-state index in [1.165, 1.54) is 12.1 Å². The number of halogens is 1. The second-order valence-corrected chi connectivity index (χ2v) is 7.56. The number of anilines is 1. The Morgan fingerprint density at radius 1 is 1.20 bits per heavy atom. The normalized spacial score (nSPS) is 27.4. The second-order valence-electron chi connectivity index (χ2n) is 5.70. The van der Waals surface area contributed by atoms with Gasteiger partial charge in [0, 0.05) is 12.6 Å². The minimum atomic E-state index is -3.70. The zero-order chi connectivity index (χ0) is 14.3. The molecule has 20 heavy (non-hydrogen) atoms. The Balaban J connectivity index is 2.00. The number of piperidine rings is 1. The minimum absolute atomic E-state index is 0.0661. The molecular weight excluding hydrogens is 279 g/mol. The number of nitrogens with two attached hydrogens (primary N) is 1. The fourth-order valence-electron chi connectivity index (χ4n) is 3.56. The van der Waals surface area contributed by atoms with Crippen LogP contribution in [0.4, 0.5) is 10.1 Å². The lowest BCUT2D eigenvalue weighted by Gasteiger charge is -2.36. The third-order valence-corrected chi connectivity index (χ3v) is 6.48. The highest BCUT2D eigenvalue weighted by Crippen LogP contribution is 2.40. The molecule has 1 heterocycles. The maximum absolute atomic E-state index is 13.4. The lowest BCUT2D eigenvalue weighted by atomic mass is 9.94. The molecule has 2 N–H and O–H groups in total. The highest BCUT2D eigenvalue weighted by atomic mass is 32.2. The molecule has 2 unspecified atom stereocenters. The Morgan fingerprint density at radius 2 is 1.95 bits per heavy atom. The van der Waals surface area contributed by atoms with Crippen LogP contribution in [0.1, 0.15) is 32.1 Å². The van der Waals surface area contributed by atoms with E-state index in [0.29, 0.717) is 12.5 Å². The van der Waals surface area contributed by atoms with Gasteiger partial charge in [0.05, 0.1) is 5.69 Å². The maximum atomic E-state index is 13.4. The van der Waals surface area contributed by atoms with E-state index < -0.39 is 15.8 Å². The average Bonchev–Trinajstić information content (AvgIpc) is 2.89. The van der Waals surface area contributed by atoms with Gasteiger partial charge in [-0.25, -0.2) is 12.8 Å². The van der Waals surface area contributed by atoms with Crippen molar-refractivity contribution in [1.82, 2.24) is 4.31 Å². The van der Waals surface area contributed by atoms with Crippen LogP contribution in [0.25, 0.3) is 0 Å². The molecule has 1 saturated heterocycles. The number of sulfonamides is 1. The standard InChI is InChI=1S/C14H19FN2O2S/c15-11-6-7-12(16)14(9-11)20(18,19)17-8-2-4-10-3-1-5-13(10)17/h6-7,9-10,13H,1-5,8,16H2. The molecule has 2 atom stereocenters. The molecular formula is C14H19FN2O2S. The van der Waals surface area contributed by atoms with Crippen LogP contribution < -0.4 is 5.73 Å². The first-order valence-corrected chi connectivity index (χ1v) is 8.51. The molecule has 0 bridgehead atoms. The van der Waals surface area contributed by atoms with E-state index in [1.807, 2.05) is 0 Å². The Hall–Kier alpha value is -1.14. The highest BCUT2D eigenvalue weighted by molar-refractivity contribution is 7.89. The summed E-state index contributed by atoms with van der Waals surface area (Å²) in [6, 6.07) is 3.60. The zero-order valence-electron chi connectivity index (χ0n) is 11.3. The predicted molar refractivity (Wildman–Crippen MR) is 75.1 cm³/mol. The first-order chi connectivity index (χ1) is 9.50. The number of rotatable bonds is 2. The largest absolute Gasteiger partial charge is 0.398 e. The van der Waals surface area contributed by atoms with E-state index in [0.717, 1.165) is 38.2 Å². The molecule has 0 aromatic heterocycles. The van der Waals surface area contributed by atoms with Crippen LogP contribution >= 0.6 is 0 Å². The summed E-state index contributed by atoms with van der Waals surface area (Å²) >= 11 is 0. The van der Waals surface area contributed by atoms with Gasteiger partial charge in [-0.15, -0.1) is 0 Å². The van der Waals surface area contributed by atoms with Gasteiger partial charge in [0.15, 0.2) is 0 Å². The molecule has 110 valence electrons. The average molecular weight is 298 g/mol. The van der Waals surface area contributed by atoms with E-state index in [9.17, 15) is 12.8 Å². The molecule has 0 spiro atoms. The lowest BCUT2D eigenvalue weighted by molar-refractivity contribution is 0.202. The van der Waals surface area contributed by atoms with Gasteiger partial charge in [0.25, 0.3) is 0 Å². The van der Waals surface area contributed by atoms with Gasteiger partial charge >= 0.3 is 0 Å². The molecule has 0 radical (unpaired) electrons. The molecule has 2 fully saturated rings. The summed E-state index contributed by atoms with van der Waals surface area (Å²) < 4.78 is 40.5. The molecule has 1 saturated carbocycles. The van der Waals surface area contributed by atoms with Crippen molar-refractivity contribution in [3.8, 4) is 0 Å². The van der Waals surface area contributed by atoms with Crippen LogP contribution in [0.3, 0.4) is 0 Å². The number of nitrogens with zero attached hydrogens (tertiary/aromatic N) is 1. The summed E-state index contributed by atoms with van der Waals surface area (Å²) in [5.41, 5.74) is 5.86. The molecule has 3 rings (SSSR count). The van der Waals surface area contributed by atoms with Crippen molar-refractivity contribution < 1.29 is 12.8 Å². The van der Waals surface area contributed by atoms with Gasteiger partial charge < -0.3 is 5.73 Å². The summed E-state index contributed by atoms with van der Waals surface area (Å²) in [7, 11) is -3.70. The molecule has 2 aliphatic rings. The Labute approximate surface area is 118 Å². The number of nitrogen functional groups attached to an aromatic ring is 1. The summed E-state index contributed by atoms with van der Waals surface area (Å²) in [4.78, 5) is -0.0925. The Kier molecular flexibility index (Phi) is 3.46. The number of hydrogen-bond donors (Lipinski definition) is 1. The van der Waals surface area contributed by atoms with Gasteiger partial charge in [-0.1, -0.05) is 6.42 Å². The van der Waals surface area contributed by atoms with Crippen molar-refractivity contribution in [2.24, 2.45) is 5.92 Å². The van der Waals surface area contributed by atoms with E-state index in [2.05, 4.69) is 0 Å². The van der Waals surface area contributed by atoms with Crippen LogP contribution in [-0.4, -0.2) is 25.3 Å². The van der Waals surface area contributed by atoms with E-state index in [-0.39, 0.29) is 16.6 Å². The van der Waals surface area contributed by atoms with Crippen molar-refractivity contribution in [2.75, 3.05) is 12.3 Å². The summed E-state index contributed by atoms with van der Waals surface area (Å²) in [5, 5.41) is 0. The van der Waals surface area contributed by atoms with Gasteiger partial charge in [-0.2, -0.15) is 4.31 Å². The quantitative estimate of drug-likeness (QED) is 0.853. The van der Waals surface area contributed by atoms with Gasteiger partial charge in [-0.3, -0.25) is 0 Å². The first-order valence-electron chi connectivity index (χ1n) is 7.07. The summed E-state index contributed by atoms with van der Waals surface area (Å²) in [6.45, 7) is 0.513. The minimum Gasteiger partial charge on any atom is -0.398 e. The number of hydrogen-bond acceptors (Lipinski definition) is 3. The van der Waals surface area contributed by atoms with E-state index in [1.54, 1.807) is 4.31 Å². The van der Waals surface area contributed by atoms with Crippen molar-refractivity contribution in [3.63, 3.8) is 0 Å². The van der Waals surface area contributed by atoms with Crippen LogP contribution in [0.2, 0.25) is 0 Å². The fraction of sp³-hybridized carbons (Fsp3) is 0.571. The van der Waals surface area contributed by atoms with Crippen molar-refractivity contribution >= 4 is 15.7 Å². The van der Waals surface area contributed by atoms with Gasteiger partial charge in [-0.05, 0) is 49.8 Å². The third kappa shape index (κ3) is 2.20. The third-order valence-electron chi connectivity index (χ3n) is 4.50. The molecule has 1 aromatic carbocycles. The van der Waals surface area contributed by atoms with Gasteiger partial charge in [0.1, 0.15) is 10.7 Å². The van der Waals surface area contributed by atoms with Crippen molar-refractivity contribution in [1.29, 1.82) is 0 Å². The van der Waals surface area contributed by atoms with Crippen LogP contribution in [0.5, 0.6) is 0 Å². The van der Waals surface area contributed by atoms with E-state index >= 15 is 0 Å². The SMILES string of the molecule is Nc1ccc(F)cc1S(=O)(=O)N1CCCC2CCCC21. The highest BCUT2D eigenvalue weighted by Gasteiger charge is 2.41. The molecule has 1 aromatic rings. The lowest BCUT2D eigenvalue weighted by Crippen LogP contribution is -2.46. The maximum Gasteiger partial charge on any atom is 0.245 e. The molecule has 1 aliphatic carbocycles. The number of benzene rings is 1. The first kappa shape index (κ1) is 13.8. The summed E-state index contributed by atoms with van der Waals surface area (Å²) in [6.07, 6.45) is 5.03. The Morgan fingerprint density at radius 3 is 2.75 bits per heavy atom. The van der Waals surface area contributed by atoms with Crippen molar-refractivity contribution in [3.05, 3.63) is 24.0 Å². The fourth-order valence-corrected chi connectivity index (χ4v) is 5.45. The Bertz CT molecular complexity index is 618. The second kappa shape index (κ2) is 5.00. The number of fused-ring (bicyclic) bond motifs is 1. The van der Waals surface area contributed by atoms with E-state index in [4.69, 9.17) is 5.73 Å². The molecule has 6 heteroatoms. The summed E-state index contributed by atoms with van der Waals surface area (Å²) in [5.74, 6) is -0.119.